The van der Waals surface area contributed by atoms with Crippen molar-refractivity contribution in [1.82, 2.24) is 4.90 Å². The third-order valence-electron chi connectivity index (χ3n) is 3.32. The number of carbonyl (C=O) groups is 1. The largest absolute Gasteiger partial charge is 0.481 e. The van der Waals surface area contributed by atoms with Gasteiger partial charge in [0.25, 0.3) is 0 Å². The fraction of sp³-hybridized carbons (Fsp3) is 0.353. The number of aryl methyl sites for hydroxylation is 1. The molecule has 1 radical (unpaired) electrons. The van der Waals surface area contributed by atoms with Crippen molar-refractivity contribution in [2.75, 3.05) is 13.7 Å². The van der Waals surface area contributed by atoms with Crippen LogP contribution in [0.25, 0.3) is 5.70 Å². The second kappa shape index (κ2) is 8.86. The summed E-state index contributed by atoms with van der Waals surface area (Å²) < 4.78 is 5.54. The quantitative estimate of drug-likeness (QED) is 0.414. The van der Waals surface area contributed by atoms with E-state index in [1.54, 1.807) is 18.9 Å². The fourth-order valence-corrected chi connectivity index (χ4v) is 2.64. The van der Waals surface area contributed by atoms with Gasteiger partial charge in [0, 0.05) is 39.8 Å². The Morgan fingerprint density at radius 2 is 2.23 bits per heavy atom. The topological polar surface area (TPSA) is 29.5 Å². The standard InChI is InChI=1S/C17H17BrNO2.Y/c1-4-5-10-21-13-6-7-14(12(2)11-13)16-9-8-15(18)17(20)19(16)3;/h6-7,11,15H,8,10H2,1-3H3;/q-1;. The molecule has 22 heavy (non-hydrogen) atoms. The molecule has 0 saturated carbocycles. The molecule has 0 fully saturated rings. The molecule has 5 heteroatoms. The molecule has 1 atom stereocenters. The first kappa shape index (κ1) is 19.4. The number of benzene rings is 1. The molecule has 1 aliphatic heterocycles. The maximum Gasteiger partial charge on any atom is 0.236 e. The molecule has 1 aliphatic rings. The Bertz CT molecular complexity index is 646. The molecule has 1 aromatic rings. The summed E-state index contributed by atoms with van der Waals surface area (Å²) in [5, 5.41) is 0. The molecule has 1 aromatic carbocycles. The molecule has 0 saturated heterocycles. The van der Waals surface area contributed by atoms with Crippen LogP contribution in [0.2, 0.25) is 0 Å². The first-order valence-electron chi connectivity index (χ1n) is 6.70. The first-order valence-corrected chi connectivity index (χ1v) is 7.62. The van der Waals surface area contributed by atoms with E-state index in [2.05, 4.69) is 33.8 Å². The maximum atomic E-state index is 12.0. The molecule has 0 bridgehead atoms. The zero-order valence-electron chi connectivity index (χ0n) is 12.9. The monoisotopic (exact) mass is 435 g/mol. The molecule has 1 unspecified atom stereocenters. The SMILES string of the molecule is CC#CCOc1ccc(C2=[C-]CC(Br)C(=O)N2C)c(C)c1.[Y]. The molecule has 1 heterocycles. The van der Waals surface area contributed by atoms with Gasteiger partial charge in [0.2, 0.25) is 5.91 Å². The number of halogens is 1. The molecule has 0 aromatic heterocycles. The average molecular weight is 436 g/mol. The molecule has 1 amide bonds. The van der Waals surface area contributed by atoms with Crippen LogP contribution in [0, 0.1) is 24.8 Å². The van der Waals surface area contributed by atoms with Gasteiger partial charge < -0.3 is 9.64 Å². The number of hydrogen-bond acceptors (Lipinski definition) is 2. The van der Waals surface area contributed by atoms with Crippen molar-refractivity contribution in [2.24, 2.45) is 0 Å². The van der Waals surface area contributed by atoms with E-state index in [-0.39, 0.29) is 43.4 Å². The van der Waals surface area contributed by atoms with Gasteiger partial charge in [-0.1, -0.05) is 35.2 Å². The normalized spacial score (nSPS) is 17.1. The van der Waals surface area contributed by atoms with Crippen molar-refractivity contribution in [3.63, 3.8) is 0 Å². The molecule has 0 aliphatic carbocycles. The Kier molecular flexibility index (Phi) is 7.82. The number of allylic oxidation sites excluding steroid dienone is 1. The van der Waals surface area contributed by atoms with Crippen LogP contribution < -0.4 is 4.74 Å². The van der Waals surface area contributed by atoms with Gasteiger partial charge in [0.05, 0.1) is 4.83 Å². The van der Waals surface area contributed by atoms with Crippen LogP contribution in [-0.4, -0.2) is 29.3 Å². The minimum Gasteiger partial charge on any atom is -0.481 e. The summed E-state index contributed by atoms with van der Waals surface area (Å²) in [6.45, 7) is 4.17. The van der Waals surface area contributed by atoms with E-state index >= 15 is 0 Å². The van der Waals surface area contributed by atoms with Crippen LogP contribution in [0.1, 0.15) is 24.5 Å². The summed E-state index contributed by atoms with van der Waals surface area (Å²) in [6.07, 6.45) is 3.88. The number of nitrogens with zero attached hydrogens (tertiary/aromatic N) is 1. The number of amides is 1. The third kappa shape index (κ3) is 4.44. The van der Waals surface area contributed by atoms with E-state index in [1.807, 2.05) is 25.1 Å². The number of rotatable bonds is 3. The van der Waals surface area contributed by atoms with Crippen molar-refractivity contribution >= 4 is 27.5 Å². The van der Waals surface area contributed by atoms with E-state index in [0.29, 0.717) is 13.0 Å². The van der Waals surface area contributed by atoms with Crippen molar-refractivity contribution in [3.8, 4) is 17.6 Å². The van der Waals surface area contributed by atoms with Gasteiger partial charge in [0.1, 0.15) is 12.4 Å². The Hall–Kier alpha value is -0.626. The van der Waals surface area contributed by atoms with Gasteiger partial charge >= 0.3 is 0 Å². The van der Waals surface area contributed by atoms with Crippen LogP contribution in [0.4, 0.5) is 0 Å². The number of ether oxygens (including phenoxy) is 1. The van der Waals surface area contributed by atoms with E-state index in [0.717, 1.165) is 22.6 Å². The van der Waals surface area contributed by atoms with Crippen molar-refractivity contribution < 1.29 is 42.2 Å². The van der Waals surface area contributed by atoms with E-state index < -0.39 is 0 Å². The summed E-state index contributed by atoms with van der Waals surface area (Å²) in [6, 6.07) is 5.82. The predicted molar refractivity (Wildman–Crippen MR) is 86.9 cm³/mol. The smallest absolute Gasteiger partial charge is 0.236 e. The summed E-state index contributed by atoms with van der Waals surface area (Å²) in [5.74, 6) is 6.49. The third-order valence-corrected chi connectivity index (χ3v) is 4.04. The number of alkyl halides is 1. The minimum absolute atomic E-state index is 0. The number of hydrogen-bond donors (Lipinski definition) is 0. The van der Waals surface area contributed by atoms with Gasteiger partial charge in [-0.15, -0.1) is 28.8 Å². The Morgan fingerprint density at radius 1 is 1.50 bits per heavy atom. The van der Waals surface area contributed by atoms with Crippen LogP contribution >= 0.6 is 15.9 Å². The average Bonchev–Trinajstić information content (AvgIpc) is 2.46. The van der Waals surface area contributed by atoms with Crippen molar-refractivity contribution in [1.29, 1.82) is 0 Å². The minimum atomic E-state index is -0.179. The summed E-state index contributed by atoms with van der Waals surface area (Å²) in [7, 11) is 1.78. The van der Waals surface area contributed by atoms with Crippen LogP contribution in [0.5, 0.6) is 5.75 Å². The fourth-order valence-electron chi connectivity index (χ4n) is 2.17. The Morgan fingerprint density at radius 3 is 2.86 bits per heavy atom. The van der Waals surface area contributed by atoms with Gasteiger partial charge in [-0.05, 0) is 19.1 Å². The molecule has 0 spiro atoms. The molecular weight excluding hydrogens is 419 g/mol. The van der Waals surface area contributed by atoms with Crippen molar-refractivity contribution in [3.05, 3.63) is 35.4 Å². The Labute approximate surface area is 165 Å². The van der Waals surface area contributed by atoms with Crippen LogP contribution in [0.15, 0.2) is 18.2 Å². The van der Waals surface area contributed by atoms with E-state index in [9.17, 15) is 4.79 Å². The molecule has 113 valence electrons. The van der Waals surface area contributed by atoms with Gasteiger partial charge in [-0.3, -0.25) is 4.79 Å². The number of carbonyl (C=O) groups excluding carboxylic acids is 1. The summed E-state index contributed by atoms with van der Waals surface area (Å²) in [5.41, 5.74) is 2.87. The first-order chi connectivity index (χ1) is 10.0. The zero-order valence-corrected chi connectivity index (χ0v) is 17.4. The Balaban J connectivity index is 0.00000242. The summed E-state index contributed by atoms with van der Waals surface area (Å²) in [4.78, 5) is 13.5. The van der Waals surface area contributed by atoms with Gasteiger partial charge in [0.15, 0.2) is 0 Å². The second-order valence-corrected chi connectivity index (χ2v) is 5.89. The molecule has 0 N–H and O–H groups in total. The molecule has 3 nitrogen and oxygen atoms in total. The van der Waals surface area contributed by atoms with Crippen LogP contribution in [0.3, 0.4) is 0 Å². The molecular formula is C17H17BrNO2Y-. The van der Waals surface area contributed by atoms with Crippen molar-refractivity contribution in [2.45, 2.75) is 25.1 Å². The van der Waals surface area contributed by atoms with Gasteiger partial charge in [-0.25, -0.2) is 6.08 Å². The molecule has 2 rings (SSSR count). The van der Waals surface area contributed by atoms with Crippen LogP contribution in [-0.2, 0) is 37.5 Å². The second-order valence-electron chi connectivity index (χ2n) is 4.79. The van der Waals surface area contributed by atoms with E-state index in [4.69, 9.17) is 4.74 Å². The van der Waals surface area contributed by atoms with Gasteiger partial charge in [-0.2, -0.15) is 0 Å². The van der Waals surface area contributed by atoms with E-state index in [1.165, 1.54) is 0 Å². The zero-order chi connectivity index (χ0) is 15.4. The summed E-state index contributed by atoms with van der Waals surface area (Å²) >= 11 is 3.36. The predicted octanol–water partition coefficient (Wildman–Crippen LogP) is 3.16. The maximum absolute atomic E-state index is 12.0.